The first-order chi connectivity index (χ1) is 12.5. The molecule has 6 heteroatoms. The lowest BCUT2D eigenvalue weighted by molar-refractivity contribution is -0.132. The zero-order valence-corrected chi connectivity index (χ0v) is 17.9. The van der Waals surface area contributed by atoms with E-state index in [4.69, 9.17) is 4.74 Å². The lowest BCUT2D eigenvalue weighted by Crippen LogP contribution is -2.48. The molecule has 1 heterocycles. The van der Waals surface area contributed by atoms with Gasteiger partial charge in [-0.1, -0.05) is 18.2 Å². The van der Waals surface area contributed by atoms with Crippen molar-refractivity contribution in [3.8, 4) is 5.75 Å². The Labute approximate surface area is 171 Å². The molecule has 0 aromatic heterocycles. The van der Waals surface area contributed by atoms with Gasteiger partial charge in [-0.3, -0.25) is 9.69 Å². The number of nitrogens with zero attached hydrogens (tertiary/aromatic N) is 2. The van der Waals surface area contributed by atoms with Crippen molar-refractivity contribution in [1.29, 1.82) is 0 Å². The second kappa shape index (κ2) is 9.02. The number of hydrogen-bond donors (Lipinski definition) is 0. The van der Waals surface area contributed by atoms with E-state index in [2.05, 4.69) is 55.0 Å². The molecule has 1 saturated heterocycles. The first kappa shape index (κ1) is 19.4. The molecule has 0 saturated carbocycles. The van der Waals surface area contributed by atoms with Crippen molar-refractivity contribution in [1.82, 2.24) is 9.80 Å². The summed E-state index contributed by atoms with van der Waals surface area (Å²) in [5.74, 6) is 0.977. The summed E-state index contributed by atoms with van der Waals surface area (Å²) in [7, 11) is 1.64. The zero-order chi connectivity index (χ0) is 18.5. The maximum atomic E-state index is 12.6. The fourth-order valence-corrected chi connectivity index (χ4v) is 3.79. The Balaban J connectivity index is 1.51. The maximum absolute atomic E-state index is 12.6. The van der Waals surface area contributed by atoms with Crippen molar-refractivity contribution in [2.45, 2.75) is 13.0 Å². The van der Waals surface area contributed by atoms with Crippen LogP contribution in [0, 0.1) is 0 Å². The van der Waals surface area contributed by atoms with Gasteiger partial charge in [0.1, 0.15) is 5.75 Å². The molecule has 138 valence electrons. The Bertz CT molecular complexity index is 774. The lowest BCUT2D eigenvalue weighted by atomic mass is 10.1. The number of piperazine rings is 1. The third kappa shape index (κ3) is 5.09. The number of carbonyl (C=O) groups excluding carboxylic acids is 1. The summed E-state index contributed by atoms with van der Waals surface area (Å²) in [5.41, 5.74) is 2.27. The van der Waals surface area contributed by atoms with Crippen LogP contribution in [0.4, 0.5) is 0 Å². The summed E-state index contributed by atoms with van der Waals surface area (Å²) in [6.45, 7) is 4.26. The summed E-state index contributed by atoms with van der Waals surface area (Å²) in [5, 5.41) is 0. The highest BCUT2D eigenvalue weighted by Crippen LogP contribution is 2.24. The highest BCUT2D eigenvalue weighted by atomic mass is 79.9. The van der Waals surface area contributed by atoms with E-state index in [9.17, 15) is 4.79 Å². The van der Waals surface area contributed by atoms with Gasteiger partial charge in [-0.25, -0.2) is 0 Å². The molecule has 2 aromatic carbocycles. The third-order valence-electron chi connectivity index (χ3n) is 4.60. The SMILES string of the molecule is COc1cccc(CC(=O)N2CCN(Cc3ccc(Br)c(Br)c3)CC2)c1. The molecule has 0 bridgehead atoms. The number of ether oxygens (including phenoxy) is 1. The highest BCUT2D eigenvalue weighted by Gasteiger charge is 2.21. The van der Waals surface area contributed by atoms with Gasteiger partial charge in [-0.15, -0.1) is 0 Å². The second-order valence-corrected chi connectivity index (χ2v) is 8.14. The Hall–Kier alpha value is -1.37. The summed E-state index contributed by atoms with van der Waals surface area (Å²) >= 11 is 7.06. The standard InChI is InChI=1S/C20H22Br2N2O2/c1-26-17-4-2-3-15(11-17)13-20(25)24-9-7-23(8-10-24)14-16-5-6-18(21)19(22)12-16/h2-6,11-12H,7-10,13-14H2,1H3. The zero-order valence-electron chi connectivity index (χ0n) is 14.8. The molecule has 1 aliphatic rings. The topological polar surface area (TPSA) is 32.8 Å². The van der Waals surface area contributed by atoms with Gasteiger partial charge in [0.05, 0.1) is 13.5 Å². The van der Waals surface area contributed by atoms with Crippen molar-refractivity contribution in [2.24, 2.45) is 0 Å². The van der Waals surface area contributed by atoms with Crippen LogP contribution in [0.2, 0.25) is 0 Å². The first-order valence-electron chi connectivity index (χ1n) is 8.62. The van der Waals surface area contributed by atoms with Crippen LogP contribution in [0.5, 0.6) is 5.75 Å². The monoisotopic (exact) mass is 480 g/mol. The van der Waals surface area contributed by atoms with E-state index in [1.54, 1.807) is 7.11 Å². The molecular weight excluding hydrogens is 460 g/mol. The van der Waals surface area contributed by atoms with Crippen LogP contribution >= 0.6 is 31.9 Å². The van der Waals surface area contributed by atoms with Crippen LogP contribution in [0.1, 0.15) is 11.1 Å². The van der Waals surface area contributed by atoms with E-state index in [-0.39, 0.29) is 5.91 Å². The smallest absolute Gasteiger partial charge is 0.227 e. The van der Waals surface area contributed by atoms with Crippen LogP contribution < -0.4 is 4.74 Å². The van der Waals surface area contributed by atoms with Gasteiger partial charge in [0.2, 0.25) is 5.91 Å². The van der Waals surface area contributed by atoms with Gasteiger partial charge in [0, 0.05) is 41.7 Å². The van der Waals surface area contributed by atoms with Crippen molar-refractivity contribution < 1.29 is 9.53 Å². The van der Waals surface area contributed by atoms with Crippen molar-refractivity contribution in [3.05, 3.63) is 62.5 Å². The highest BCUT2D eigenvalue weighted by molar-refractivity contribution is 9.13. The molecule has 4 nitrogen and oxygen atoms in total. The molecule has 0 spiro atoms. The van der Waals surface area contributed by atoms with E-state index < -0.39 is 0 Å². The Morgan fingerprint density at radius 3 is 2.46 bits per heavy atom. The molecule has 1 fully saturated rings. The molecule has 3 rings (SSSR count). The fourth-order valence-electron chi connectivity index (χ4n) is 3.12. The normalized spacial score (nSPS) is 15.1. The van der Waals surface area contributed by atoms with Gasteiger partial charge in [-0.05, 0) is 67.3 Å². The van der Waals surface area contributed by atoms with Crippen LogP contribution in [-0.4, -0.2) is 49.0 Å². The minimum absolute atomic E-state index is 0.185. The summed E-state index contributed by atoms with van der Waals surface area (Å²) in [4.78, 5) is 16.9. The minimum Gasteiger partial charge on any atom is -0.497 e. The Morgan fingerprint density at radius 2 is 1.77 bits per heavy atom. The van der Waals surface area contributed by atoms with E-state index >= 15 is 0 Å². The van der Waals surface area contributed by atoms with Gasteiger partial charge in [0.15, 0.2) is 0 Å². The first-order valence-corrected chi connectivity index (χ1v) is 10.2. The molecule has 0 aliphatic carbocycles. The van der Waals surface area contributed by atoms with Crippen molar-refractivity contribution in [3.63, 3.8) is 0 Å². The largest absolute Gasteiger partial charge is 0.497 e. The van der Waals surface area contributed by atoms with Crippen molar-refractivity contribution >= 4 is 37.8 Å². The van der Waals surface area contributed by atoms with E-state index in [1.807, 2.05) is 29.2 Å². The van der Waals surface area contributed by atoms with Gasteiger partial charge < -0.3 is 9.64 Å². The van der Waals surface area contributed by atoms with E-state index in [0.29, 0.717) is 6.42 Å². The third-order valence-corrected chi connectivity index (χ3v) is 6.48. The van der Waals surface area contributed by atoms with Gasteiger partial charge in [-0.2, -0.15) is 0 Å². The number of halogens is 2. The molecule has 1 aliphatic heterocycles. The quantitative estimate of drug-likeness (QED) is 0.644. The fraction of sp³-hybridized carbons (Fsp3) is 0.350. The number of methoxy groups -OCH3 is 1. The van der Waals surface area contributed by atoms with Crippen LogP contribution in [0.3, 0.4) is 0 Å². The molecular formula is C20H22Br2N2O2. The summed E-state index contributed by atoms with van der Waals surface area (Å²) in [6, 6.07) is 14.1. The predicted octanol–water partition coefficient (Wildman–Crippen LogP) is 4.11. The molecule has 0 N–H and O–H groups in total. The number of amides is 1. The average molecular weight is 482 g/mol. The number of carbonyl (C=O) groups is 1. The lowest BCUT2D eigenvalue weighted by Gasteiger charge is -2.35. The minimum atomic E-state index is 0.185. The summed E-state index contributed by atoms with van der Waals surface area (Å²) in [6.07, 6.45) is 0.427. The second-order valence-electron chi connectivity index (χ2n) is 6.43. The molecule has 0 atom stereocenters. The average Bonchev–Trinajstić information content (AvgIpc) is 2.65. The molecule has 0 radical (unpaired) electrons. The Morgan fingerprint density at radius 1 is 1.00 bits per heavy atom. The number of benzene rings is 2. The van der Waals surface area contributed by atoms with Gasteiger partial charge in [0.25, 0.3) is 0 Å². The van der Waals surface area contributed by atoms with Crippen LogP contribution in [-0.2, 0) is 17.8 Å². The van der Waals surface area contributed by atoms with Gasteiger partial charge >= 0.3 is 0 Å². The maximum Gasteiger partial charge on any atom is 0.227 e. The molecule has 26 heavy (non-hydrogen) atoms. The van der Waals surface area contributed by atoms with Crippen molar-refractivity contribution in [2.75, 3.05) is 33.3 Å². The molecule has 2 aromatic rings. The van der Waals surface area contributed by atoms with E-state index in [0.717, 1.165) is 53.0 Å². The summed E-state index contributed by atoms with van der Waals surface area (Å²) < 4.78 is 7.37. The Kier molecular flexibility index (Phi) is 6.73. The van der Waals surface area contributed by atoms with Crippen LogP contribution in [0.15, 0.2) is 51.4 Å². The number of hydrogen-bond acceptors (Lipinski definition) is 3. The number of rotatable bonds is 5. The molecule has 1 amide bonds. The van der Waals surface area contributed by atoms with E-state index in [1.165, 1.54) is 5.56 Å². The molecule has 0 unspecified atom stereocenters. The predicted molar refractivity (Wildman–Crippen MR) is 110 cm³/mol. The van der Waals surface area contributed by atoms with Crippen LogP contribution in [0.25, 0.3) is 0 Å².